The highest BCUT2D eigenvalue weighted by Crippen LogP contribution is 2.11. The molecule has 1 N–H and O–H groups in total. The molecule has 1 aromatic carbocycles. The van der Waals surface area contributed by atoms with Crippen LogP contribution in [0.4, 0.5) is 0 Å². The van der Waals surface area contributed by atoms with Gasteiger partial charge in [0, 0.05) is 30.5 Å². The van der Waals surface area contributed by atoms with Gasteiger partial charge in [0.15, 0.2) is 0 Å². The Hall–Kier alpha value is -2.30. The van der Waals surface area contributed by atoms with Gasteiger partial charge in [-0.15, -0.1) is 0 Å². The zero-order chi connectivity index (χ0) is 15.1. The Labute approximate surface area is 124 Å². The van der Waals surface area contributed by atoms with Gasteiger partial charge in [0.05, 0.1) is 6.61 Å². The minimum absolute atomic E-state index is 0.0600. The number of ether oxygens (including phenoxy) is 1. The predicted octanol–water partition coefficient (Wildman–Crippen LogP) is 2.41. The highest BCUT2D eigenvalue weighted by molar-refractivity contribution is 5.94. The van der Waals surface area contributed by atoms with Crippen molar-refractivity contribution < 1.29 is 9.53 Å². The third kappa shape index (κ3) is 4.34. The number of hydrogen-bond donors (Lipinski definition) is 1. The van der Waals surface area contributed by atoms with Crippen LogP contribution in [0.15, 0.2) is 36.5 Å². The number of amides is 1. The van der Waals surface area contributed by atoms with Crippen molar-refractivity contribution in [3.63, 3.8) is 0 Å². The lowest BCUT2D eigenvalue weighted by atomic mass is 10.2. The van der Waals surface area contributed by atoms with Crippen molar-refractivity contribution in [2.75, 3.05) is 13.2 Å². The molecule has 21 heavy (non-hydrogen) atoms. The molecule has 0 saturated heterocycles. The van der Waals surface area contributed by atoms with Gasteiger partial charge in [-0.1, -0.05) is 0 Å². The quantitative estimate of drug-likeness (QED) is 0.796. The van der Waals surface area contributed by atoms with Gasteiger partial charge in [-0.25, -0.2) is 0 Å². The number of rotatable bonds is 7. The normalized spacial score (nSPS) is 10.4. The smallest absolute Gasteiger partial charge is 0.251 e. The number of carbonyl (C=O) groups is 1. The second kappa shape index (κ2) is 7.47. The molecular formula is C16H21N3O2. The first kappa shape index (κ1) is 15.1. The first-order chi connectivity index (χ1) is 10.2. The minimum atomic E-state index is -0.0600. The molecule has 0 aliphatic carbocycles. The predicted molar refractivity (Wildman–Crippen MR) is 81.5 cm³/mol. The molecule has 112 valence electrons. The number of carbonyl (C=O) groups excluding carboxylic acids is 1. The standard InChI is InChI=1S/C16H21N3O2/c1-3-21-15-7-5-14(6-8-15)16(20)17-10-4-12-19-13(2)9-11-18-19/h5-9,11H,3-4,10,12H2,1-2H3,(H,17,20). The average molecular weight is 287 g/mol. The Morgan fingerprint density at radius 3 is 2.67 bits per heavy atom. The van der Waals surface area contributed by atoms with Crippen LogP contribution in [0.1, 0.15) is 29.4 Å². The lowest BCUT2D eigenvalue weighted by Crippen LogP contribution is -2.25. The first-order valence-electron chi connectivity index (χ1n) is 7.20. The summed E-state index contributed by atoms with van der Waals surface area (Å²) < 4.78 is 7.28. The Balaban J connectivity index is 1.75. The molecule has 0 fully saturated rings. The molecule has 0 bridgehead atoms. The third-order valence-electron chi connectivity index (χ3n) is 3.19. The fourth-order valence-corrected chi connectivity index (χ4v) is 2.03. The lowest BCUT2D eigenvalue weighted by molar-refractivity contribution is 0.0952. The van der Waals surface area contributed by atoms with Crippen LogP contribution in [-0.2, 0) is 6.54 Å². The Morgan fingerprint density at radius 2 is 2.05 bits per heavy atom. The molecule has 0 atom stereocenters. The van der Waals surface area contributed by atoms with Gasteiger partial charge < -0.3 is 10.1 Å². The Bertz CT molecular complexity index is 575. The summed E-state index contributed by atoms with van der Waals surface area (Å²) in [6.45, 7) is 6.01. The van der Waals surface area contributed by atoms with E-state index in [1.54, 1.807) is 18.3 Å². The Morgan fingerprint density at radius 1 is 1.29 bits per heavy atom. The second-order valence-corrected chi connectivity index (χ2v) is 4.76. The largest absolute Gasteiger partial charge is 0.494 e. The molecule has 0 aliphatic heterocycles. The van der Waals surface area contributed by atoms with E-state index in [0.717, 1.165) is 24.4 Å². The molecule has 2 rings (SSSR count). The van der Waals surface area contributed by atoms with Crippen molar-refractivity contribution in [2.24, 2.45) is 0 Å². The molecule has 0 unspecified atom stereocenters. The van der Waals surface area contributed by atoms with Crippen molar-refractivity contribution in [3.05, 3.63) is 47.8 Å². The van der Waals surface area contributed by atoms with E-state index in [1.807, 2.05) is 36.7 Å². The topological polar surface area (TPSA) is 56.1 Å². The maximum absolute atomic E-state index is 12.0. The number of nitrogens with zero attached hydrogens (tertiary/aromatic N) is 2. The minimum Gasteiger partial charge on any atom is -0.494 e. The molecule has 5 heteroatoms. The van der Waals surface area contributed by atoms with E-state index < -0.39 is 0 Å². The number of aromatic nitrogens is 2. The lowest BCUT2D eigenvalue weighted by Gasteiger charge is -2.07. The molecule has 0 saturated carbocycles. The van der Waals surface area contributed by atoms with Gasteiger partial charge >= 0.3 is 0 Å². The van der Waals surface area contributed by atoms with E-state index in [4.69, 9.17) is 4.74 Å². The van der Waals surface area contributed by atoms with Crippen molar-refractivity contribution in [1.82, 2.24) is 15.1 Å². The monoisotopic (exact) mass is 287 g/mol. The highest BCUT2D eigenvalue weighted by atomic mass is 16.5. The van der Waals surface area contributed by atoms with Crippen molar-refractivity contribution >= 4 is 5.91 Å². The van der Waals surface area contributed by atoms with Crippen LogP contribution in [0, 0.1) is 6.92 Å². The van der Waals surface area contributed by atoms with Crippen LogP contribution in [0.25, 0.3) is 0 Å². The summed E-state index contributed by atoms with van der Waals surface area (Å²) in [5.41, 5.74) is 1.78. The van der Waals surface area contributed by atoms with Crippen LogP contribution >= 0.6 is 0 Å². The summed E-state index contributed by atoms with van der Waals surface area (Å²) >= 11 is 0. The average Bonchev–Trinajstić information content (AvgIpc) is 2.90. The summed E-state index contributed by atoms with van der Waals surface area (Å²) in [4.78, 5) is 12.0. The van der Waals surface area contributed by atoms with E-state index in [0.29, 0.717) is 18.7 Å². The first-order valence-corrected chi connectivity index (χ1v) is 7.20. The highest BCUT2D eigenvalue weighted by Gasteiger charge is 2.05. The fourth-order valence-electron chi connectivity index (χ4n) is 2.03. The number of benzene rings is 1. The van der Waals surface area contributed by atoms with Crippen molar-refractivity contribution in [1.29, 1.82) is 0 Å². The SMILES string of the molecule is CCOc1ccc(C(=O)NCCCn2nccc2C)cc1. The molecule has 2 aromatic rings. The number of nitrogens with one attached hydrogen (secondary N) is 1. The summed E-state index contributed by atoms with van der Waals surface area (Å²) in [5.74, 6) is 0.721. The maximum Gasteiger partial charge on any atom is 0.251 e. The Kier molecular flexibility index (Phi) is 5.37. The van der Waals surface area contributed by atoms with Crippen LogP contribution in [0.3, 0.4) is 0 Å². The molecular weight excluding hydrogens is 266 g/mol. The van der Waals surface area contributed by atoms with Crippen LogP contribution in [0.2, 0.25) is 0 Å². The number of aryl methyl sites for hydroxylation is 2. The van der Waals surface area contributed by atoms with Gasteiger partial charge in [0.1, 0.15) is 5.75 Å². The zero-order valence-corrected chi connectivity index (χ0v) is 12.5. The summed E-state index contributed by atoms with van der Waals surface area (Å²) in [7, 11) is 0. The zero-order valence-electron chi connectivity index (χ0n) is 12.5. The summed E-state index contributed by atoms with van der Waals surface area (Å²) in [5, 5.41) is 7.12. The van der Waals surface area contributed by atoms with Gasteiger partial charge in [-0.3, -0.25) is 9.48 Å². The van der Waals surface area contributed by atoms with Crippen LogP contribution in [-0.4, -0.2) is 28.8 Å². The molecule has 1 aromatic heterocycles. The van der Waals surface area contributed by atoms with Gasteiger partial charge in [-0.05, 0) is 50.6 Å². The van der Waals surface area contributed by atoms with Gasteiger partial charge in [0.25, 0.3) is 5.91 Å². The number of hydrogen-bond acceptors (Lipinski definition) is 3. The molecule has 0 aliphatic rings. The van der Waals surface area contributed by atoms with E-state index in [-0.39, 0.29) is 5.91 Å². The van der Waals surface area contributed by atoms with E-state index in [1.165, 1.54) is 0 Å². The maximum atomic E-state index is 12.0. The summed E-state index contributed by atoms with van der Waals surface area (Å²) in [6.07, 6.45) is 2.64. The molecule has 0 spiro atoms. The summed E-state index contributed by atoms with van der Waals surface area (Å²) in [6, 6.07) is 9.14. The van der Waals surface area contributed by atoms with Gasteiger partial charge in [-0.2, -0.15) is 5.10 Å². The van der Waals surface area contributed by atoms with E-state index in [9.17, 15) is 4.79 Å². The molecule has 5 nitrogen and oxygen atoms in total. The third-order valence-corrected chi connectivity index (χ3v) is 3.19. The molecule has 0 radical (unpaired) electrons. The second-order valence-electron chi connectivity index (χ2n) is 4.76. The van der Waals surface area contributed by atoms with E-state index >= 15 is 0 Å². The molecule has 1 amide bonds. The van der Waals surface area contributed by atoms with Crippen molar-refractivity contribution in [2.45, 2.75) is 26.8 Å². The fraction of sp³-hybridized carbons (Fsp3) is 0.375. The van der Waals surface area contributed by atoms with E-state index in [2.05, 4.69) is 10.4 Å². The van der Waals surface area contributed by atoms with Crippen molar-refractivity contribution in [3.8, 4) is 5.75 Å². The van der Waals surface area contributed by atoms with Gasteiger partial charge in [0.2, 0.25) is 0 Å². The van der Waals surface area contributed by atoms with Crippen LogP contribution < -0.4 is 10.1 Å². The molecule has 1 heterocycles. The van der Waals surface area contributed by atoms with Crippen LogP contribution in [0.5, 0.6) is 5.75 Å².